The maximum Gasteiger partial charge on any atom is 0.318 e. The molecule has 0 unspecified atom stereocenters. The smallest absolute Gasteiger partial charge is 0.318 e. The van der Waals surface area contributed by atoms with Crippen molar-refractivity contribution in [1.82, 2.24) is 15.7 Å². The molecule has 8 nitrogen and oxygen atoms in total. The highest BCUT2D eigenvalue weighted by Crippen LogP contribution is 2.25. The molecule has 0 radical (unpaired) electrons. The van der Waals surface area contributed by atoms with Crippen LogP contribution in [0.15, 0.2) is 41.1 Å². The van der Waals surface area contributed by atoms with Gasteiger partial charge in [-0.3, -0.25) is 10.0 Å². The Labute approximate surface area is 167 Å². The standard InChI is InChI=1S/C19H24N4O4S/c1-13(24)17(18(25)21-27)20-19(26)23-9-7-22(8-10-23)16-4-2-14(3-5-16)15-6-11-28-12-15/h2-6,11-13,17,24,27H,7-10H2,1H3,(H,20,26)(H,21,25)/t13-,17+/m1/s1. The third-order valence-electron chi connectivity index (χ3n) is 4.81. The van der Waals surface area contributed by atoms with Crippen LogP contribution in [0, 0.1) is 0 Å². The van der Waals surface area contributed by atoms with Crippen LogP contribution in [-0.4, -0.2) is 65.5 Å². The number of aliphatic hydroxyl groups excluding tert-OH is 1. The highest BCUT2D eigenvalue weighted by Gasteiger charge is 2.29. The summed E-state index contributed by atoms with van der Waals surface area (Å²) in [6.45, 7) is 3.68. The lowest BCUT2D eigenvalue weighted by molar-refractivity contribution is -0.133. The predicted octanol–water partition coefficient (Wildman–Crippen LogP) is 1.50. The van der Waals surface area contributed by atoms with Crippen molar-refractivity contribution in [2.45, 2.75) is 19.1 Å². The topological polar surface area (TPSA) is 105 Å². The lowest BCUT2D eigenvalue weighted by Crippen LogP contribution is -2.58. The van der Waals surface area contributed by atoms with Gasteiger partial charge in [-0.25, -0.2) is 10.3 Å². The number of amides is 3. The molecule has 2 heterocycles. The Balaban J connectivity index is 1.55. The van der Waals surface area contributed by atoms with Gasteiger partial charge in [0.2, 0.25) is 0 Å². The molecule has 1 fully saturated rings. The summed E-state index contributed by atoms with van der Waals surface area (Å²) in [5, 5.41) is 25.0. The highest BCUT2D eigenvalue weighted by atomic mass is 32.1. The lowest BCUT2D eigenvalue weighted by Gasteiger charge is -2.36. The van der Waals surface area contributed by atoms with Crippen LogP contribution in [0.2, 0.25) is 0 Å². The first-order valence-corrected chi connectivity index (χ1v) is 9.99. The molecule has 0 saturated carbocycles. The minimum atomic E-state index is -1.21. The molecule has 2 aromatic rings. The summed E-state index contributed by atoms with van der Waals surface area (Å²) in [4.78, 5) is 27.7. The Bertz CT molecular complexity index is 787. The fraction of sp³-hybridized carbons (Fsp3) is 0.368. The molecule has 150 valence electrons. The second-order valence-corrected chi connectivity index (χ2v) is 7.46. The molecule has 3 rings (SSSR count). The van der Waals surface area contributed by atoms with E-state index in [2.05, 4.69) is 51.3 Å². The Morgan fingerprint density at radius 3 is 2.29 bits per heavy atom. The Morgan fingerprint density at radius 2 is 1.75 bits per heavy atom. The summed E-state index contributed by atoms with van der Waals surface area (Å²) in [6, 6.07) is 8.79. The summed E-state index contributed by atoms with van der Waals surface area (Å²) < 4.78 is 0. The van der Waals surface area contributed by atoms with Gasteiger partial charge in [0, 0.05) is 31.9 Å². The molecule has 1 saturated heterocycles. The van der Waals surface area contributed by atoms with E-state index in [0.717, 1.165) is 5.69 Å². The molecule has 0 bridgehead atoms. The van der Waals surface area contributed by atoms with Crippen molar-refractivity contribution in [1.29, 1.82) is 0 Å². The first kappa shape index (κ1) is 20.1. The number of carbonyl (C=O) groups excluding carboxylic acids is 2. The minimum absolute atomic E-state index is 0.443. The van der Waals surface area contributed by atoms with Gasteiger partial charge in [0.05, 0.1) is 6.10 Å². The van der Waals surface area contributed by atoms with Crippen LogP contribution in [0.5, 0.6) is 0 Å². The molecular formula is C19H24N4O4S. The molecule has 1 aromatic carbocycles. The number of hydroxylamine groups is 1. The molecule has 9 heteroatoms. The van der Waals surface area contributed by atoms with Crippen LogP contribution in [0.3, 0.4) is 0 Å². The zero-order chi connectivity index (χ0) is 20.1. The summed E-state index contributed by atoms with van der Waals surface area (Å²) in [6.07, 6.45) is -1.13. The van der Waals surface area contributed by atoms with Crippen molar-refractivity contribution < 1.29 is 19.9 Å². The van der Waals surface area contributed by atoms with E-state index in [9.17, 15) is 14.7 Å². The summed E-state index contributed by atoms with van der Waals surface area (Å²) in [5.74, 6) is -0.854. The number of nitrogens with one attached hydrogen (secondary N) is 2. The predicted molar refractivity (Wildman–Crippen MR) is 107 cm³/mol. The SMILES string of the molecule is C[C@@H](O)[C@H](NC(=O)N1CCN(c2ccc(-c3ccsc3)cc2)CC1)C(=O)NO. The zero-order valence-corrected chi connectivity index (χ0v) is 16.4. The number of hydrogen-bond donors (Lipinski definition) is 4. The zero-order valence-electron chi connectivity index (χ0n) is 15.5. The Hall–Kier alpha value is -2.62. The lowest BCUT2D eigenvalue weighted by atomic mass is 10.1. The monoisotopic (exact) mass is 404 g/mol. The fourth-order valence-corrected chi connectivity index (χ4v) is 3.83. The summed E-state index contributed by atoms with van der Waals surface area (Å²) >= 11 is 1.67. The van der Waals surface area contributed by atoms with E-state index in [1.807, 2.05) is 0 Å². The molecule has 3 amide bonds. The normalized spacial score (nSPS) is 16.4. The average molecular weight is 404 g/mol. The van der Waals surface area contributed by atoms with Gasteiger partial charge in [-0.15, -0.1) is 0 Å². The molecule has 0 aliphatic carbocycles. The highest BCUT2D eigenvalue weighted by molar-refractivity contribution is 7.08. The summed E-state index contributed by atoms with van der Waals surface area (Å²) in [5.41, 5.74) is 4.94. The van der Waals surface area contributed by atoms with Crippen molar-refractivity contribution >= 4 is 29.0 Å². The summed E-state index contributed by atoms with van der Waals surface area (Å²) in [7, 11) is 0. The van der Waals surface area contributed by atoms with Crippen LogP contribution in [0.1, 0.15) is 6.92 Å². The molecular weight excluding hydrogens is 380 g/mol. The van der Waals surface area contributed by atoms with Crippen molar-refractivity contribution in [3.63, 3.8) is 0 Å². The molecule has 0 spiro atoms. The number of rotatable bonds is 5. The van der Waals surface area contributed by atoms with E-state index in [0.29, 0.717) is 26.2 Å². The van der Waals surface area contributed by atoms with Crippen LogP contribution >= 0.6 is 11.3 Å². The molecule has 1 aliphatic heterocycles. The van der Waals surface area contributed by atoms with Gasteiger partial charge in [0.25, 0.3) is 5.91 Å². The van der Waals surface area contributed by atoms with Gasteiger partial charge in [0.15, 0.2) is 0 Å². The largest absolute Gasteiger partial charge is 0.391 e. The first-order chi connectivity index (χ1) is 13.5. The quantitative estimate of drug-likeness (QED) is 0.447. The molecule has 1 aromatic heterocycles. The number of anilines is 1. The molecule has 28 heavy (non-hydrogen) atoms. The van der Waals surface area contributed by atoms with E-state index in [4.69, 9.17) is 5.21 Å². The van der Waals surface area contributed by atoms with Gasteiger partial charge < -0.3 is 20.2 Å². The number of aliphatic hydroxyl groups is 1. The maximum absolute atomic E-state index is 12.4. The van der Waals surface area contributed by atoms with E-state index in [-0.39, 0.29) is 0 Å². The van der Waals surface area contributed by atoms with Crippen LogP contribution in [0.25, 0.3) is 11.1 Å². The number of urea groups is 1. The number of nitrogens with zero attached hydrogens (tertiary/aromatic N) is 2. The number of carbonyl (C=O) groups is 2. The van der Waals surface area contributed by atoms with Gasteiger partial charge in [-0.2, -0.15) is 11.3 Å². The van der Waals surface area contributed by atoms with Gasteiger partial charge in [0.1, 0.15) is 6.04 Å². The first-order valence-electron chi connectivity index (χ1n) is 9.04. The molecule has 2 atom stereocenters. The second-order valence-electron chi connectivity index (χ2n) is 6.68. The maximum atomic E-state index is 12.4. The van der Waals surface area contributed by atoms with E-state index in [1.54, 1.807) is 16.2 Å². The van der Waals surface area contributed by atoms with Crippen molar-refractivity contribution in [3.8, 4) is 11.1 Å². The average Bonchev–Trinajstić information content (AvgIpc) is 3.26. The van der Waals surface area contributed by atoms with Gasteiger partial charge in [-0.1, -0.05) is 12.1 Å². The van der Waals surface area contributed by atoms with Crippen molar-refractivity contribution in [2.24, 2.45) is 0 Å². The van der Waals surface area contributed by atoms with E-state index < -0.39 is 24.1 Å². The Morgan fingerprint density at radius 1 is 1.07 bits per heavy atom. The van der Waals surface area contributed by atoms with E-state index in [1.165, 1.54) is 23.5 Å². The fourth-order valence-electron chi connectivity index (χ4n) is 3.16. The number of hydrogen-bond acceptors (Lipinski definition) is 6. The third-order valence-corrected chi connectivity index (χ3v) is 5.49. The van der Waals surface area contributed by atoms with Crippen molar-refractivity contribution in [3.05, 3.63) is 41.1 Å². The van der Waals surface area contributed by atoms with Gasteiger partial charge in [-0.05, 0) is 47.0 Å². The third kappa shape index (κ3) is 4.61. The second kappa shape index (κ2) is 9.05. The van der Waals surface area contributed by atoms with E-state index >= 15 is 0 Å². The molecule has 4 N–H and O–H groups in total. The van der Waals surface area contributed by atoms with Crippen LogP contribution < -0.4 is 15.7 Å². The van der Waals surface area contributed by atoms with Gasteiger partial charge >= 0.3 is 6.03 Å². The van der Waals surface area contributed by atoms with Crippen molar-refractivity contribution in [2.75, 3.05) is 31.1 Å². The number of thiophene rings is 1. The number of piperazine rings is 1. The van der Waals surface area contributed by atoms with Crippen LogP contribution in [-0.2, 0) is 4.79 Å². The minimum Gasteiger partial charge on any atom is -0.391 e. The van der Waals surface area contributed by atoms with Crippen LogP contribution in [0.4, 0.5) is 10.5 Å². The Kier molecular flexibility index (Phi) is 6.50. The number of benzene rings is 1. The molecule has 1 aliphatic rings.